The lowest BCUT2D eigenvalue weighted by Gasteiger charge is -2.26. The van der Waals surface area contributed by atoms with Gasteiger partial charge in [0.25, 0.3) is 0 Å². The Balaban J connectivity index is 2.36. The van der Waals surface area contributed by atoms with E-state index in [1.165, 1.54) is 36.2 Å². The second kappa shape index (κ2) is 4.23. The Morgan fingerprint density at radius 1 is 1.47 bits per heavy atom. The summed E-state index contributed by atoms with van der Waals surface area (Å²) in [4.78, 5) is 2.50. The van der Waals surface area contributed by atoms with Crippen LogP contribution in [-0.4, -0.2) is 12.6 Å². The summed E-state index contributed by atoms with van der Waals surface area (Å²) in [5, 5.41) is 0. The van der Waals surface area contributed by atoms with Gasteiger partial charge in [-0.05, 0) is 43.9 Å². The molecule has 15 heavy (non-hydrogen) atoms. The molecule has 1 fully saturated rings. The molecule has 0 aromatic heterocycles. The van der Waals surface area contributed by atoms with E-state index in [9.17, 15) is 0 Å². The largest absolute Gasteiger partial charge is 0.369 e. The summed E-state index contributed by atoms with van der Waals surface area (Å²) in [6.45, 7) is 6.26. The summed E-state index contributed by atoms with van der Waals surface area (Å²) in [6, 6.07) is 7.24. The highest BCUT2D eigenvalue weighted by Crippen LogP contribution is 2.29. The van der Waals surface area contributed by atoms with Crippen LogP contribution in [0.25, 0.3) is 0 Å². The van der Waals surface area contributed by atoms with Crippen LogP contribution in [0.4, 0.5) is 5.69 Å². The number of hydrogen-bond acceptors (Lipinski definition) is 2. The van der Waals surface area contributed by atoms with Crippen molar-refractivity contribution < 1.29 is 0 Å². The first-order valence-electron chi connectivity index (χ1n) is 5.78. The van der Waals surface area contributed by atoms with Crippen molar-refractivity contribution in [3.05, 3.63) is 29.3 Å². The number of nitrogens with zero attached hydrogens (tertiary/aromatic N) is 1. The van der Waals surface area contributed by atoms with E-state index < -0.39 is 0 Å². The second-order valence-electron chi connectivity index (χ2n) is 4.52. The number of aryl methyl sites for hydroxylation is 1. The third-order valence-electron chi connectivity index (χ3n) is 3.32. The maximum atomic E-state index is 5.79. The molecule has 2 nitrogen and oxygen atoms in total. The molecule has 2 rings (SSSR count). The highest BCUT2D eigenvalue weighted by atomic mass is 15.2. The number of nitrogens with two attached hydrogens (primary N) is 1. The van der Waals surface area contributed by atoms with Gasteiger partial charge < -0.3 is 10.6 Å². The molecular weight excluding hydrogens is 184 g/mol. The average Bonchev–Trinajstić information content (AvgIpc) is 2.64. The average molecular weight is 204 g/mol. The van der Waals surface area contributed by atoms with Crippen LogP contribution in [0.5, 0.6) is 0 Å². The number of anilines is 1. The van der Waals surface area contributed by atoms with Gasteiger partial charge in [0.15, 0.2) is 0 Å². The van der Waals surface area contributed by atoms with E-state index in [4.69, 9.17) is 5.73 Å². The zero-order chi connectivity index (χ0) is 10.8. The van der Waals surface area contributed by atoms with Gasteiger partial charge in [-0.2, -0.15) is 0 Å². The van der Waals surface area contributed by atoms with Crippen molar-refractivity contribution >= 4 is 5.69 Å². The molecule has 0 amide bonds. The fraction of sp³-hybridized carbons (Fsp3) is 0.538. The molecule has 1 aromatic rings. The summed E-state index contributed by atoms with van der Waals surface area (Å²) < 4.78 is 0. The van der Waals surface area contributed by atoms with Crippen LogP contribution >= 0.6 is 0 Å². The predicted octanol–water partition coefficient (Wildman–Crippen LogP) is 2.44. The third-order valence-corrected chi connectivity index (χ3v) is 3.32. The first kappa shape index (κ1) is 10.5. The Bertz CT molecular complexity index is 346. The molecule has 1 heterocycles. The van der Waals surface area contributed by atoms with Crippen LogP contribution in [-0.2, 0) is 6.54 Å². The van der Waals surface area contributed by atoms with Gasteiger partial charge in [0.05, 0.1) is 0 Å². The molecule has 1 aliphatic heterocycles. The third kappa shape index (κ3) is 2.00. The number of rotatable bonds is 2. The number of benzene rings is 1. The van der Waals surface area contributed by atoms with Crippen LogP contribution in [0.2, 0.25) is 0 Å². The van der Waals surface area contributed by atoms with Crippen molar-refractivity contribution in [2.45, 2.75) is 39.3 Å². The zero-order valence-corrected chi connectivity index (χ0v) is 9.66. The van der Waals surface area contributed by atoms with E-state index in [1.54, 1.807) is 0 Å². The Labute approximate surface area is 92.1 Å². The topological polar surface area (TPSA) is 29.3 Å². The van der Waals surface area contributed by atoms with E-state index >= 15 is 0 Å². The fourth-order valence-electron chi connectivity index (χ4n) is 2.41. The highest BCUT2D eigenvalue weighted by Gasteiger charge is 2.22. The normalized spacial score (nSPS) is 21.0. The molecule has 1 atom stereocenters. The molecule has 1 unspecified atom stereocenters. The van der Waals surface area contributed by atoms with Crippen LogP contribution < -0.4 is 10.6 Å². The Hall–Kier alpha value is -1.02. The van der Waals surface area contributed by atoms with Crippen LogP contribution in [0.1, 0.15) is 30.9 Å². The van der Waals surface area contributed by atoms with Gasteiger partial charge in [0, 0.05) is 24.8 Å². The molecule has 82 valence electrons. The lowest BCUT2D eigenvalue weighted by Crippen LogP contribution is -2.27. The number of hydrogen-bond donors (Lipinski definition) is 1. The van der Waals surface area contributed by atoms with E-state index in [0.717, 1.165) is 0 Å². The lowest BCUT2D eigenvalue weighted by atomic mass is 10.1. The molecule has 1 saturated heterocycles. The van der Waals surface area contributed by atoms with Crippen LogP contribution in [0.3, 0.4) is 0 Å². The molecule has 1 aromatic carbocycles. The summed E-state index contributed by atoms with van der Waals surface area (Å²) >= 11 is 0. The maximum Gasteiger partial charge on any atom is 0.0416 e. The molecule has 0 aliphatic carbocycles. The van der Waals surface area contributed by atoms with E-state index in [2.05, 4.69) is 36.9 Å². The SMILES string of the molecule is Cc1ccc(CN)c(N2CCCC2C)c1. The Morgan fingerprint density at radius 2 is 2.27 bits per heavy atom. The minimum absolute atomic E-state index is 0.638. The standard InChI is InChI=1S/C13H20N2/c1-10-5-6-12(9-14)13(8-10)15-7-3-4-11(15)2/h5-6,8,11H,3-4,7,9,14H2,1-2H3. The smallest absolute Gasteiger partial charge is 0.0416 e. The fourth-order valence-corrected chi connectivity index (χ4v) is 2.41. The summed E-state index contributed by atoms with van der Waals surface area (Å²) in [7, 11) is 0. The van der Waals surface area contributed by atoms with E-state index in [1.807, 2.05) is 0 Å². The first-order chi connectivity index (χ1) is 7.22. The van der Waals surface area contributed by atoms with Gasteiger partial charge in [0.1, 0.15) is 0 Å². The molecule has 0 saturated carbocycles. The predicted molar refractivity (Wildman–Crippen MR) is 65.1 cm³/mol. The van der Waals surface area contributed by atoms with Crippen molar-refractivity contribution in [1.82, 2.24) is 0 Å². The summed E-state index contributed by atoms with van der Waals surface area (Å²) in [5.41, 5.74) is 9.73. The minimum Gasteiger partial charge on any atom is -0.369 e. The molecule has 2 N–H and O–H groups in total. The van der Waals surface area contributed by atoms with Gasteiger partial charge in [-0.15, -0.1) is 0 Å². The van der Waals surface area contributed by atoms with Crippen molar-refractivity contribution in [2.24, 2.45) is 5.73 Å². The maximum absolute atomic E-state index is 5.79. The molecular formula is C13H20N2. The second-order valence-corrected chi connectivity index (χ2v) is 4.52. The van der Waals surface area contributed by atoms with Gasteiger partial charge >= 0.3 is 0 Å². The molecule has 0 bridgehead atoms. The monoisotopic (exact) mass is 204 g/mol. The van der Waals surface area contributed by atoms with Crippen LogP contribution in [0, 0.1) is 6.92 Å². The van der Waals surface area contributed by atoms with Crippen LogP contribution in [0.15, 0.2) is 18.2 Å². The lowest BCUT2D eigenvalue weighted by molar-refractivity contribution is 0.731. The van der Waals surface area contributed by atoms with E-state index in [-0.39, 0.29) is 0 Å². The summed E-state index contributed by atoms with van der Waals surface area (Å²) in [5.74, 6) is 0. The Morgan fingerprint density at radius 3 is 2.87 bits per heavy atom. The van der Waals surface area contributed by atoms with Crippen molar-refractivity contribution in [3.63, 3.8) is 0 Å². The molecule has 0 radical (unpaired) electrons. The molecule has 1 aliphatic rings. The zero-order valence-electron chi connectivity index (χ0n) is 9.66. The summed E-state index contributed by atoms with van der Waals surface area (Å²) in [6.07, 6.45) is 2.61. The molecule has 0 spiro atoms. The van der Waals surface area contributed by atoms with Gasteiger partial charge in [0.2, 0.25) is 0 Å². The first-order valence-corrected chi connectivity index (χ1v) is 5.78. The Kier molecular flexibility index (Phi) is 2.96. The van der Waals surface area contributed by atoms with Gasteiger partial charge in [-0.1, -0.05) is 12.1 Å². The van der Waals surface area contributed by atoms with Crippen molar-refractivity contribution in [3.8, 4) is 0 Å². The van der Waals surface area contributed by atoms with Crippen molar-refractivity contribution in [1.29, 1.82) is 0 Å². The molecule has 2 heteroatoms. The van der Waals surface area contributed by atoms with E-state index in [0.29, 0.717) is 12.6 Å². The van der Waals surface area contributed by atoms with Gasteiger partial charge in [-0.25, -0.2) is 0 Å². The van der Waals surface area contributed by atoms with Crippen molar-refractivity contribution in [2.75, 3.05) is 11.4 Å². The minimum atomic E-state index is 0.638. The quantitative estimate of drug-likeness (QED) is 0.801. The highest BCUT2D eigenvalue weighted by molar-refractivity contribution is 5.56. The van der Waals surface area contributed by atoms with Gasteiger partial charge in [-0.3, -0.25) is 0 Å².